The molecule has 0 bridgehead atoms. The Morgan fingerprint density at radius 1 is 1.23 bits per heavy atom. The van der Waals surface area contributed by atoms with Crippen molar-refractivity contribution in [2.45, 2.75) is 26.8 Å². The van der Waals surface area contributed by atoms with E-state index in [0.717, 1.165) is 49.8 Å². The molecule has 1 fully saturated rings. The second kappa shape index (κ2) is 7.17. The van der Waals surface area contributed by atoms with E-state index in [9.17, 15) is 4.79 Å². The number of hydrogen-bond donors (Lipinski definition) is 1. The van der Waals surface area contributed by atoms with Gasteiger partial charge in [0.15, 0.2) is 0 Å². The molecule has 0 spiro atoms. The highest BCUT2D eigenvalue weighted by molar-refractivity contribution is 7.16. The van der Waals surface area contributed by atoms with Gasteiger partial charge in [0.05, 0.1) is 26.2 Å². The average Bonchev–Trinajstić information content (AvgIpc) is 3.07. The van der Waals surface area contributed by atoms with Gasteiger partial charge >= 0.3 is 0 Å². The van der Waals surface area contributed by atoms with Crippen LogP contribution in [0.25, 0.3) is 4.96 Å². The van der Waals surface area contributed by atoms with E-state index in [1.54, 1.807) is 6.07 Å². The maximum absolute atomic E-state index is 12.3. The van der Waals surface area contributed by atoms with Crippen LogP contribution in [0.4, 0.5) is 5.69 Å². The number of quaternary nitrogens is 1. The minimum absolute atomic E-state index is 0.0705. The number of aryl methyl sites for hydroxylation is 2. The summed E-state index contributed by atoms with van der Waals surface area (Å²) in [5.74, 6) is 0. The second-order valence-electron chi connectivity index (χ2n) is 6.83. The Bertz CT molecular complexity index is 971. The quantitative estimate of drug-likeness (QED) is 0.742. The predicted octanol–water partition coefficient (Wildman–Crippen LogP) is 0.927. The summed E-state index contributed by atoms with van der Waals surface area (Å²) in [7, 11) is 0. The van der Waals surface area contributed by atoms with Gasteiger partial charge in [-0.05, 0) is 25.0 Å². The maximum atomic E-state index is 12.3. The van der Waals surface area contributed by atoms with Crippen molar-refractivity contribution in [1.82, 2.24) is 14.6 Å². The lowest BCUT2D eigenvalue weighted by atomic mass is 10.1. The number of rotatable bonds is 4. The molecule has 0 aliphatic carbocycles. The van der Waals surface area contributed by atoms with Crippen molar-refractivity contribution in [3.05, 3.63) is 57.0 Å². The van der Waals surface area contributed by atoms with Gasteiger partial charge in [0.1, 0.15) is 17.2 Å². The fourth-order valence-corrected chi connectivity index (χ4v) is 4.40. The first-order valence-corrected chi connectivity index (χ1v) is 9.98. The molecule has 136 valence electrons. The van der Waals surface area contributed by atoms with Crippen molar-refractivity contribution >= 4 is 22.0 Å². The van der Waals surface area contributed by atoms with Crippen molar-refractivity contribution in [2.75, 3.05) is 31.1 Å². The molecule has 2 aromatic heterocycles. The monoisotopic (exact) mass is 370 g/mol. The molecule has 1 saturated heterocycles. The Morgan fingerprint density at radius 2 is 2.00 bits per heavy atom. The number of para-hydroxylation sites is 1. The molecule has 0 radical (unpaired) electrons. The number of piperazine rings is 1. The number of aromatic nitrogens is 3. The summed E-state index contributed by atoms with van der Waals surface area (Å²) in [4.78, 5) is 21.6. The van der Waals surface area contributed by atoms with E-state index in [2.05, 4.69) is 46.2 Å². The molecule has 4 rings (SSSR count). The highest BCUT2D eigenvalue weighted by Gasteiger charge is 2.22. The average molecular weight is 371 g/mol. The van der Waals surface area contributed by atoms with Gasteiger partial charge in [-0.1, -0.05) is 36.5 Å². The van der Waals surface area contributed by atoms with E-state index in [1.807, 2.05) is 6.92 Å². The van der Waals surface area contributed by atoms with Gasteiger partial charge in [0.25, 0.3) is 5.56 Å². The summed E-state index contributed by atoms with van der Waals surface area (Å²) in [6.45, 7) is 9.18. The number of fused-ring (bicyclic) bond motifs is 1. The molecule has 3 aromatic rings. The van der Waals surface area contributed by atoms with E-state index in [0.29, 0.717) is 4.96 Å². The summed E-state index contributed by atoms with van der Waals surface area (Å²) in [5.41, 5.74) is 3.47. The molecule has 1 aromatic carbocycles. The Morgan fingerprint density at radius 3 is 2.73 bits per heavy atom. The Kier molecular flexibility index (Phi) is 4.74. The first-order valence-electron chi connectivity index (χ1n) is 9.17. The highest BCUT2D eigenvalue weighted by Crippen LogP contribution is 2.19. The van der Waals surface area contributed by atoms with E-state index >= 15 is 0 Å². The molecule has 26 heavy (non-hydrogen) atoms. The minimum atomic E-state index is -0.0705. The van der Waals surface area contributed by atoms with Crippen LogP contribution in [0.15, 0.2) is 35.1 Å². The number of hydrogen-bond acceptors (Lipinski definition) is 5. The zero-order valence-electron chi connectivity index (χ0n) is 15.2. The summed E-state index contributed by atoms with van der Waals surface area (Å²) in [6.07, 6.45) is 0.828. The lowest BCUT2D eigenvalue weighted by Gasteiger charge is -2.34. The molecular weight excluding hydrogens is 346 g/mol. The van der Waals surface area contributed by atoms with Crippen LogP contribution in [0, 0.1) is 6.92 Å². The minimum Gasteiger partial charge on any atom is -0.360 e. The number of anilines is 1. The van der Waals surface area contributed by atoms with Crippen LogP contribution in [-0.2, 0) is 13.0 Å². The van der Waals surface area contributed by atoms with Gasteiger partial charge in [-0.3, -0.25) is 4.79 Å². The van der Waals surface area contributed by atoms with Crippen molar-refractivity contribution in [1.29, 1.82) is 0 Å². The van der Waals surface area contributed by atoms with Crippen LogP contribution >= 0.6 is 11.3 Å². The molecule has 0 atom stereocenters. The van der Waals surface area contributed by atoms with Crippen molar-refractivity contribution in [3.8, 4) is 0 Å². The SMILES string of the molecule is CCc1nn2c(=O)cc(C[NH+]3CCN(c4ccccc4C)CC3)nc2s1. The van der Waals surface area contributed by atoms with Crippen LogP contribution in [0.2, 0.25) is 0 Å². The molecule has 0 amide bonds. The van der Waals surface area contributed by atoms with Crippen LogP contribution in [0.1, 0.15) is 23.2 Å². The first kappa shape index (κ1) is 17.2. The topological polar surface area (TPSA) is 54.9 Å². The standard InChI is InChI=1S/C19H23N5OS/c1-3-17-21-24-18(25)12-15(20-19(24)26-17)13-22-8-10-23(11-9-22)16-7-5-4-6-14(16)2/h4-7,12H,3,8-11,13H2,1-2H3/p+1. The molecule has 6 nitrogen and oxygen atoms in total. The number of nitrogens with one attached hydrogen (secondary N) is 1. The smallest absolute Gasteiger partial charge is 0.275 e. The molecule has 0 saturated carbocycles. The summed E-state index contributed by atoms with van der Waals surface area (Å²) in [6, 6.07) is 10.2. The van der Waals surface area contributed by atoms with Crippen molar-refractivity contribution in [2.24, 2.45) is 0 Å². The van der Waals surface area contributed by atoms with E-state index in [1.165, 1.54) is 32.0 Å². The van der Waals surface area contributed by atoms with Crippen LogP contribution in [0.5, 0.6) is 0 Å². The molecule has 1 N–H and O–H groups in total. The lowest BCUT2D eigenvalue weighted by Crippen LogP contribution is -3.13. The number of nitrogens with zero attached hydrogens (tertiary/aromatic N) is 4. The van der Waals surface area contributed by atoms with Crippen molar-refractivity contribution < 1.29 is 4.90 Å². The fraction of sp³-hybridized carbons (Fsp3) is 0.421. The van der Waals surface area contributed by atoms with Crippen LogP contribution < -0.4 is 15.4 Å². The normalized spacial score (nSPS) is 15.7. The number of benzene rings is 1. The summed E-state index contributed by atoms with van der Waals surface area (Å²) < 4.78 is 1.43. The predicted molar refractivity (Wildman–Crippen MR) is 104 cm³/mol. The zero-order valence-corrected chi connectivity index (χ0v) is 16.1. The molecule has 3 heterocycles. The van der Waals surface area contributed by atoms with E-state index in [-0.39, 0.29) is 5.56 Å². The van der Waals surface area contributed by atoms with Gasteiger partial charge in [0.2, 0.25) is 4.96 Å². The van der Waals surface area contributed by atoms with Gasteiger partial charge in [-0.15, -0.1) is 0 Å². The van der Waals surface area contributed by atoms with Crippen LogP contribution in [-0.4, -0.2) is 40.8 Å². The maximum Gasteiger partial charge on any atom is 0.275 e. The highest BCUT2D eigenvalue weighted by atomic mass is 32.1. The van der Waals surface area contributed by atoms with Gasteiger partial charge in [-0.2, -0.15) is 9.61 Å². The third-order valence-electron chi connectivity index (χ3n) is 5.00. The zero-order chi connectivity index (χ0) is 18.1. The Balaban J connectivity index is 1.45. The summed E-state index contributed by atoms with van der Waals surface area (Å²) in [5, 5.41) is 5.27. The molecule has 1 aliphatic heterocycles. The largest absolute Gasteiger partial charge is 0.360 e. The molecule has 1 aliphatic rings. The molecule has 7 heteroatoms. The van der Waals surface area contributed by atoms with Gasteiger partial charge in [0, 0.05) is 11.8 Å². The lowest BCUT2D eigenvalue weighted by molar-refractivity contribution is -0.914. The summed E-state index contributed by atoms with van der Waals surface area (Å²) >= 11 is 1.51. The third-order valence-corrected chi connectivity index (χ3v) is 6.05. The molecule has 0 unspecified atom stereocenters. The van der Waals surface area contributed by atoms with Crippen LogP contribution in [0.3, 0.4) is 0 Å². The Hall–Kier alpha value is -2.25. The molecular formula is C19H24N5OS+. The first-order chi connectivity index (χ1) is 12.6. The van der Waals surface area contributed by atoms with E-state index in [4.69, 9.17) is 0 Å². The second-order valence-corrected chi connectivity index (χ2v) is 7.87. The fourth-order valence-electron chi connectivity index (χ4n) is 3.54. The van der Waals surface area contributed by atoms with Crippen molar-refractivity contribution in [3.63, 3.8) is 0 Å². The third kappa shape index (κ3) is 3.37. The van der Waals surface area contributed by atoms with Gasteiger partial charge in [-0.25, -0.2) is 4.98 Å². The van der Waals surface area contributed by atoms with E-state index < -0.39 is 0 Å². The van der Waals surface area contributed by atoms with Gasteiger partial charge < -0.3 is 9.80 Å². The Labute approximate surface area is 156 Å².